The van der Waals surface area contributed by atoms with E-state index in [2.05, 4.69) is 29.5 Å². The first-order valence-electron chi connectivity index (χ1n) is 8.85. The normalized spacial score (nSPS) is 17.7. The molecule has 3 heterocycles. The molecule has 0 bridgehead atoms. The first-order chi connectivity index (χ1) is 12.4. The maximum Gasteiger partial charge on any atom is 0.339 e. The van der Waals surface area contributed by atoms with Crippen molar-refractivity contribution < 1.29 is 9.90 Å². The minimum Gasteiger partial charge on any atom is -0.478 e. The summed E-state index contributed by atoms with van der Waals surface area (Å²) < 4.78 is 2.07. The van der Waals surface area contributed by atoms with E-state index in [1.807, 2.05) is 28.1 Å². The van der Waals surface area contributed by atoms with Crippen molar-refractivity contribution in [2.45, 2.75) is 32.2 Å². The van der Waals surface area contributed by atoms with E-state index >= 15 is 0 Å². The van der Waals surface area contributed by atoms with Gasteiger partial charge in [0.15, 0.2) is 0 Å². The molecule has 8 nitrogen and oxygen atoms in total. The molecule has 2 aromatic rings. The van der Waals surface area contributed by atoms with Crippen LogP contribution in [-0.2, 0) is 13.6 Å². The van der Waals surface area contributed by atoms with Gasteiger partial charge in [-0.3, -0.25) is 0 Å². The summed E-state index contributed by atoms with van der Waals surface area (Å²) in [7, 11) is 6.02. The number of rotatable bonds is 5. The molecule has 1 saturated heterocycles. The van der Waals surface area contributed by atoms with Crippen molar-refractivity contribution in [2.24, 2.45) is 7.05 Å². The summed E-state index contributed by atoms with van der Waals surface area (Å²) in [5, 5.41) is 18.3. The van der Waals surface area contributed by atoms with Gasteiger partial charge in [0.2, 0.25) is 0 Å². The Morgan fingerprint density at radius 3 is 2.81 bits per heavy atom. The summed E-state index contributed by atoms with van der Waals surface area (Å²) in [6.07, 6.45) is 1.98. The summed E-state index contributed by atoms with van der Waals surface area (Å²) >= 11 is 0. The quantitative estimate of drug-likeness (QED) is 0.870. The molecule has 140 valence electrons. The van der Waals surface area contributed by atoms with E-state index in [1.54, 1.807) is 12.1 Å². The highest BCUT2D eigenvalue weighted by Crippen LogP contribution is 2.30. The van der Waals surface area contributed by atoms with Crippen LogP contribution in [0.4, 0.5) is 5.82 Å². The monoisotopic (exact) mass is 358 g/mol. The molecular weight excluding hydrogens is 332 g/mol. The molecule has 0 aliphatic carbocycles. The molecule has 3 rings (SSSR count). The third-order valence-electron chi connectivity index (χ3n) is 4.79. The number of nitrogens with zero attached hydrogens (tertiary/aromatic N) is 6. The van der Waals surface area contributed by atoms with E-state index < -0.39 is 5.97 Å². The van der Waals surface area contributed by atoms with Gasteiger partial charge in [-0.05, 0) is 46.0 Å². The number of carboxylic acids is 1. The third-order valence-corrected chi connectivity index (χ3v) is 4.79. The molecule has 1 fully saturated rings. The molecule has 0 aromatic carbocycles. The molecule has 0 amide bonds. The van der Waals surface area contributed by atoms with Gasteiger partial charge in [-0.2, -0.15) is 0 Å². The highest BCUT2D eigenvalue weighted by molar-refractivity contribution is 5.93. The van der Waals surface area contributed by atoms with Crippen molar-refractivity contribution in [3.8, 4) is 0 Å². The van der Waals surface area contributed by atoms with Crippen molar-refractivity contribution in [3.05, 3.63) is 35.0 Å². The molecule has 1 atom stereocenters. The van der Waals surface area contributed by atoms with Crippen LogP contribution in [0.1, 0.15) is 46.5 Å². The van der Waals surface area contributed by atoms with Crippen LogP contribution in [0.25, 0.3) is 0 Å². The van der Waals surface area contributed by atoms with Crippen molar-refractivity contribution in [1.82, 2.24) is 24.6 Å². The van der Waals surface area contributed by atoms with E-state index in [-0.39, 0.29) is 11.5 Å². The molecular formula is C18H26N6O2. The fraction of sp³-hybridized carbons (Fsp3) is 0.556. The van der Waals surface area contributed by atoms with Crippen LogP contribution in [-0.4, -0.2) is 62.9 Å². The summed E-state index contributed by atoms with van der Waals surface area (Å²) in [5.41, 5.74) is 1.07. The fourth-order valence-electron chi connectivity index (χ4n) is 3.48. The van der Waals surface area contributed by atoms with Gasteiger partial charge in [0.1, 0.15) is 23.0 Å². The van der Waals surface area contributed by atoms with Gasteiger partial charge >= 0.3 is 5.97 Å². The Bertz CT molecular complexity index is 801. The number of anilines is 1. The number of hydrogen-bond acceptors (Lipinski definition) is 6. The Hall–Kier alpha value is -2.48. The van der Waals surface area contributed by atoms with Gasteiger partial charge < -0.3 is 19.5 Å². The minimum atomic E-state index is -0.943. The van der Waals surface area contributed by atoms with Crippen molar-refractivity contribution in [1.29, 1.82) is 0 Å². The molecule has 8 heteroatoms. The second-order valence-electron chi connectivity index (χ2n) is 7.19. The van der Waals surface area contributed by atoms with Crippen LogP contribution in [0.3, 0.4) is 0 Å². The van der Waals surface area contributed by atoms with Crippen molar-refractivity contribution >= 4 is 11.8 Å². The van der Waals surface area contributed by atoms with E-state index in [0.717, 1.165) is 43.3 Å². The highest BCUT2D eigenvalue weighted by Gasteiger charge is 2.28. The number of pyridine rings is 1. The van der Waals surface area contributed by atoms with Gasteiger partial charge in [-0.1, -0.05) is 0 Å². The van der Waals surface area contributed by atoms with Crippen molar-refractivity contribution in [3.63, 3.8) is 0 Å². The van der Waals surface area contributed by atoms with Crippen LogP contribution in [0, 0.1) is 6.92 Å². The zero-order valence-electron chi connectivity index (χ0n) is 15.8. The number of piperidine rings is 1. The Labute approximate surface area is 153 Å². The molecule has 1 aliphatic rings. The highest BCUT2D eigenvalue weighted by atomic mass is 16.4. The third kappa shape index (κ3) is 3.70. The lowest BCUT2D eigenvalue weighted by Crippen LogP contribution is -2.37. The number of carbonyl (C=O) groups is 1. The molecule has 0 spiro atoms. The number of aryl methyl sites for hydroxylation is 1. The maximum atomic E-state index is 11.6. The Balaban J connectivity index is 1.86. The lowest BCUT2D eigenvalue weighted by Gasteiger charge is -2.34. The lowest BCUT2D eigenvalue weighted by molar-refractivity contribution is 0.0697. The summed E-state index contributed by atoms with van der Waals surface area (Å²) in [5.74, 6) is 1.71. The summed E-state index contributed by atoms with van der Waals surface area (Å²) in [4.78, 5) is 20.2. The predicted molar refractivity (Wildman–Crippen MR) is 98.5 cm³/mol. The number of hydrogen-bond donors (Lipinski definition) is 1. The molecule has 0 radical (unpaired) electrons. The predicted octanol–water partition coefficient (Wildman–Crippen LogP) is 1.66. The molecule has 0 saturated carbocycles. The Morgan fingerprint density at radius 2 is 2.12 bits per heavy atom. The first-order valence-corrected chi connectivity index (χ1v) is 8.85. The van der Waals surface area contributed by atoms with Crippen LogP contribution in [0.5, 0.6) is 0 Å². The standard InChI is InChI=1S/C18H26N6O2/c1-12-7-8-14(18(25)26)17(19-12)24-9-5-6-13(10-24)16-21-20-15(23(16)4)11-22(2)3/h7-8,13H,5-6,9-11H2,1-4H3,(H,25,26). The maximum absolute atomic E-state index is 11.6. The number of aromatic carboxylic acids is 1. The van der Waals surface area contributed by atoms with Gasteiger partial charge in [0.25, 0.3) is 0 Å². The summed E-state index contributed by atoms with van der Waals surface area (Å²) in [6.45, 7) is 4.12. The topological polar surface area (TPSA) is 87.4 Å². The Morgan fingerprint density at radius 1 is 1.35 bits per heavy atom. The molecule has 1 unspecified atom stereocenters. The average molecular weight is 358 g/mol. The van der Waals surface area contributed by atoms with Crippen LogP contribution >= 0.6 is 0 Å². The molecule has 2 aromatic heterocycles. The zero-order chi connectivity index (χ0) is 18.8. The molecule has 26 heavy (non-hydrogen) atoms. The van der Waals surface area contributed by atoms with Gasteiger partial charge in [-0.15, -0.1) is 10.2 Å². The number of aromatic nitrogens is 4. The van der Waals surface area contributed by atoms with E-state index in [9.17, 15) is 9.90 Å². The van der Waals surface area contributed by atoms with E-state index in [1.165, 1.54) is 0 Å². The SMILES string of the molecule is Cc1ccc(C(=O)O)c(N2CCCC(c3nnc(CN(C)C)n3C)C2)n1. The molecule has 1 N–H and O–H groups in total. The molecule has 1 aliphatic heterocycles. The lowest BCUT2D eigenvalue weighted by atomic mass is 9.96. The van der Waals surface area contributed by atoms with E-state index in [0.29, 0.717) is 12.4 Å². The smallest absolute Gasteiger partial charge is 0.339 e. The minimum absolute atomic E-state index is 0.209. The largest absolute Gasteiger partial charge is 0.478 e. The average Bonchev–Trinajstić information content (AvgIpc) is 2.95. The summed E-state index contributed by atoms with van der Waals surface area (Å²) in [6, 6.07) is 3.38. The van der Waals surface area contributed by atoms with Crippen molar-refractivity contribution in [2.75, 3.05) is 32.1 Å². The van der Waals surface area contributed by atoms with Gasteiger partial charge in [0, 0.05) is 31.7 Å². The second kappa shape index (κ2) is 7.41. The Kier molecular flexibility index (Phi) is 5.22. The van der Waals surface area contributed by atoms with E-state index in [4.69, 9.17) is 0 Å². The van der Waals surface area contributed by atoms with Crippen LogP contribution < -0.4 is 4.90 Å². The second-order valence-corrected chi connectivity index (χ2v) is 7.19. The van der Waals surface area contributed by atoms with Crippen LogP contribution in [0.2, 0.25) is 0 Å². The van der Waals surface area contributed by atoms with Crippen LogP contribution in [0.15, 0.2) is 12.1 Å². The number of carboxylic acid groups (broad SMARTS) is 1. The fourth-order valence-corrected chi connectivity index (χ4v) is 3.48. The van der Waals surface area contributed by atoms with Gasteiger partial charge in [0.05, 0.1) is 6.54 Å². The zero-order valence-corrected chi connectivity index (χ0v) is 15.8. The first kappa shape index (κ1) is 18.3. The van der Waals surface area contributed by atoms with Gasteiger partial charge in [-0.25, -0.2) is 9.78 Å².